The number of azide groups is 1. The largest absolute Gasteiger partial charge is 0.462 e. The second-order valence-electron chi connectivity index (χ2n) is 7.62. The molecule has 134 valence electrons. The van der Waals surface area contributed by atoms with Crippen LogP contribution >= 0.6 is 0 Å². The van der Waals surface area contributed by atoms with Gasteiger partial charge < -0.3 is 14.2 Å². The van der Waals surface area contributed by atoms with Crippen LogP contribution in [0.2, 0.25) is 0 Å². The summed E-state index contributed by atoms with van der Waals surface area (Å²) in [7, 11) is 0. The first-order chi connectivity index (χ1) is 10.9. The maximum atomic E-state index is 12.1. The van der Waals surface area contributed by atoms with E-state index in [1.807, 2.05) is 0 Å². The van der Waals surface area contributed by atoms with Crippen molar-refractivity contribution in [2.45, 2.75) is 60.0 Å². The monoisotopic (exact) mass is 339 g/mol. The third kappa shape index (κ3) is 5.86. The molecular weight excluding hydrogens is 314 g/mol. The summed E-state index contributed by atoms with van der Waals surface area (Å²) < 4.78 is 16.2. The Kier molecular flexibility index (Phi) is 6.40. The third-order valence-corrected chi connectivity index (χ3v) is 3.16. The van der Waals surface area contributed by atoms with Gasteiger partial charge in [0.05, 0.1) is 10.8 Å². The molecule has 1 aliphatic heterocycles. The van der Waals surface area contributed by atoms with Crippen LogP contribution in [0.5, 0.6) is 0 Å². The smallest absolute Gasteiger partial charge is 0.311 e. The maximum absolute atomic E-state index is 12.1. The fraction of sp³-hybridized carbons (Fsp3) is 0.750. The van der Waals surface area contributed by atoms with E-state index in [2.05, 4.69) is 10.0 Å². The summed E-state index contributed by atoms with van der Waals surface area (Å²) in [5.41, 5.74) is 7.18. The summed E-state index contributed by atoms with van der Waals surface area (Å²) in [6.45, 7) is 10.3. The molecule has 1 rings (SSSR count). The number of ether oxygens (including phenoxy) is 3. The van der Waals surface area contributed by atoms with Gasteiger partial charge in [-0.1, -0.05) is 11.2 Å². The minimum Gasteiger partial charge on any atom is -0.462 e. The van der Waals surface area contributed by atoms with E-state index in [4.69, 9.17) is 19.7 Å². The Bertz CT molecular complexity index is 553. The predicted molar refractivity (Wildman–Crippen MR) is 86.7 cm³/mol. The average molecular weight is 339 g/mol. The van der Waals surface area contributed by atoms with Crippen LogP contribution < -0.4 is 0 Å². The molecule has 0 fully saturated rings. The lowest BCUT2D eigenvalue weighted by Gasteiger charge is -2.32. The van der Waals surface area contributed by atoms with Crippen LogP contribution in [0.3, 0.4) is 0 Å². The van der Waals surface area contributed by atoms with Gasteiger partial charge >= 0.3 is 11.9 Å². The van der Waals surface area contributed by atoms with E-state index >= 15 is 0 Å². The molecule has 0 amide bonds. The minimum atomic E-state index is -0.835. The van der Waals surface area contributed by atoms with E-state index < -0.39 is 41.2 Å². The van der Waals surface area contributed by atoms with Gasteiger partial charge in [-0.2, -0.15) is 0 Å². The van der Waals surface area contributed by atoms with Crippen LogP contribution in [0.4, 0.5) is 0 Å². The molecule has 0 N–H and O–H groups in total. The number of carbonyl (C=O) groups is 2. The lowest BCUT2D eigenvalue weighted by Crippen LogP contribution is -2.43. The number of nitrogens with zero attached hydrogens (tertiary/aromatic N) is 3. The van der Waals surface area contributed by atoms with Crippen molar-refractivity contribution in [2.24, 2.45) is 15.9 Å². The van der Waals surface area contributed by atoms with Crippen LogP contribution in [0.25, 0.3) is 10.4 Å². The fourth-order valence-electron chi connectivity index (χ4n) is 1.67. The Labute approximate surface area is 141 Å². The lowest BCUT2D eigenvalue weighted by atomic mass is 9.97. The summed E-state index contributed by atoms with van der Waals surface area (Å²) in [5, 5.41) is 3.46. The van der Waals surface area contributed by atoms with Crippen molar-refractivity contribution in [3.05, 3.63) is 22.6 Å². The van der Waals surface area contributed by atoms with Gasteiger partial charge in [0.2, 0.25) is 0 Å². The zero-order valence-electron chi connectivity index (χ0n) is 15.0. The van der Waals surface area contributed by atoms with Crippen LogP contribution in [-0.2, 0) is 23.8 Å². The van der Waals surface area contributed by atoms with Crippen LogP contribution in [0.1, 0.15) is 41.5 Å². The Balaban J connectivity index is 2.84. The number of carbonyl (C=O) groups excluding carboxylic acids is 2. The molecule has 24 heavy (non-hydrogen) atoms. The molecule has 3 atom stereocenters. The highest BCUT2D eigenvalue weighted by atomic mass is 16.6. The summed E-state index contributed by atoms with van der Waals surface area (Å²) in [6.07, 6.45) is 0.778. The summed E-state index contributed by atoms with van der Waals surface area (Å²) in [5.74, 6) is -0.808. The van der Waals surface area contributed by atoms with E-state index in [0.29, 0.717) is 0 Å². The van der Waals surface area contributed by atoms with Crippen molar-refractivity contribution in [3.63, 3.8) is 0 Å². The van der Waals surface area contributed by atoms with E-state index in [0.717, 1.165) is 0 Å². The molecule has 8 nitrogen and oxygen atoms in total. The van der Waals surface area contributed by atoms with E-state index in [9.17, 15) is 9.59 Å². The Morgan fingerprint density at radius 1 is 1.12 bits per heavy atom. The molecule has 1 heterocycles. The minimum absolute atomic E-state index is 0.111. The molecule has 0 bridgehead atoms. The predicted octanol–water partition coefficient (Wildman–Crippen LogP) is 3.13. The molecule has 0 aromatic carbocycles. The molecule has 0 aliphatic carbocycles. The van der Waals surface area contributed by atoms with E-state index in [1.54, 1.807) is 47.6 Å². The van der Waals surface area contributed by atoms with Gasteiger partial charge in [-0.25, -0.2) is 0 Å². The Hall–Kier alpha value is -2.05. The molecular formula is C16H25N3O5. The van der Waals surface area contributed by atoms with Crippen molar-refractivity contribution in [1.29, 1.82) is 0 Å². The van der Waals surface area contributed by atoms with E-state index in [1.165, 1.54) is 6.08 Å². The first kappa shape index (κ1) is 20.0. The van der Waals surface area contributed by atoms with Crippen molar-refractivity contribution < 1.29 is 23.8 Å². The molecule has 8 heteroatoms. The summed E-state index contributed by atoms with van der Waals surface area (Å²) in [4.78, 5) is 26.7. The maximum Gasteiger partial charge on any atom is 0.311 e. The standard InChI is InChI=1S/C16H25N3O5/c1-15(2,3)13(20)22-9-11-10(24-14(21)16(4,5)6)7-8-12(23-11)18-19-17/h7-8,10-12H,9H2,1-6H3/t10-,11+,12?/m0/s1. The molecule has 0 spiro atoms. The van der Waals surface area contributed by atoms with Crippen LogP contribution in [-0.4, -0.2) is 37.0 Å². The van der Waals surface area contributed by atoms with Crippen molar-refractivity contribution in [2.75, 3.05) is 6.61 Å². The molecule has 1 aliphatic rings. The van der Waals surface area contributed by atoms with E-state index in [-0.39, 0.29) is 6.61 Å². The molecule has 0 saturated carbocycles. The molecule has 1 unspecified atom stereocenters. The topological polar surface area (TPSA) is 111 Å². The first-order valence-electron chi connectivity index (χ1n) is 7.71. The number of hydrogen-bond donors (Lipinski definition) is 0. The molecule has 0 aromatic heterocycles. The van der Waals surface area contributed by atoms with Crippen molar-refractivity contribution in [1.82, 2.24) is 0 Å². The van der Waals surface area contributed by atoms with Gasteiger partial charge in [-0.3, -0.25) is 9.59 Å². The van der Waals surface area contributed by atoms with Crippen molar-refractivity contribution >= 4 is 11.9 Å². The molecule has 0 radical (unpaired) electrons. The molecule has 0 aromatic rings. The van der Waals surface area contributed by atoms with Crippen molar-refractivity contribution in [3.8, 4) is 0 Å². The van der Waals surface area contributed by atoms with Gasteiger partial charge in [0.25, 0.3) is 0 Å². The number of rotatable bonds is 4. The summed E-state index contributed by atoms with van der Waals surface area (Å²) in [6, 6.07) is 0. The molecule has 0 saturated heterocycles. The second-order valence-corrected chi connectivity index (χ2v) is 7.62. The van der Waals surface area contributed by atoms with Crippen LogP contribution in [0.15, 0.2) is 17.3 Å². The highest BCUT2D eigenvalue weighted by Gasteiger charge is 2.35. The van der Waals surface area contributed by atoms with Gasteiger partial charge in [0.1, 0.15) is 18.8 Å². The normalized spacial score (nSPS) is 24.0. The third-order valence-electron chi connectivity index (χ3n) is 3.16. The average Bonchev–Trinajstić information content (AvgIpc) is 2.45. The zero-order chi connectivity index (χ0) is 18.5. The highest BCUT2D eigenvalue weighted by Crippen LogP contribution is 2.23. The zero-order valence-corrected chi connectivity index (χ0v) is 15.0. The quantitative estimate of drug-likeness (QED) is 0.257. The second kappa shape index (κ2) is 7.68. The van der Waals surface area contributed by atoms with Gasteiger partial charge in [0.15, 0.2) is 6.23 Å². The van der Waals surface area contributed by atoms with Gasteiger partial charge in [-0.15, -0.1) is 0 Å². The van der Waals surface area contributed by atoms with Crippen LogP contribution in [0, 0.1) is 10.8 Å². The highest BCUT2D eigenvalue weighted by molar-refractivity contribution is 5.76. The first-order valence-corrected chi connectivity index (χ1v) is 7.71. The van der Waals surface area contributed by atoms with Gasteiger partial charge in [0, 0.05) is 4.91 Å². The lowest BCUT2D eigenvalue weighted by molar-refractivity contribution is -0.174. The SMILES string of the molecule is CC(C)(C)C(=O)OC[C@H]1OC(N=[N+]=[N-])C=C[C@@H]1OC(=O)C(C)(C)C. The number of esters is 2. The number of hydrogen-bond acceptors (Lipinski definition) is 6. The summed E-state index contributed by atoms with van der Waals surface area (Å²) >= 11 is 0. The fourth-order valence-corrected chi connectivity index (χ4v) is 1.67. The van der Waals surface area contributed by atoms with Gasteiger partial charge in [-0.05, 0) is 53.1 Å². The Morgan fingerprint density at radius 2 is 1.71 bits per heavy atom. The Morgan fingerprint density at radius 3 is 2.21 bits per heavy atom.